The highest BCUT2D eigenvalue weighted by molar-refractivity contribution is 9.10. The van der Waals surface area contributed by atoms with Gasteiger partial charge in [0.1, 0.15) is 12.4 Å². The van der Waals surface area contributed by atoms with Crippen LogP contribution in [0.3, 0.4) is 0 Å². The van der Waals surface area contributed by atoms with Crippen LogP contribution in [0.1, 0.15) is 77.9 Å². The van der Waals surface area contributed by atoms with Crippen molar-refractivity contribution in [3.8, 4) is 0 Å². The molecule has 0 radical (unpaired) electrons. The Bertz CT molecular complexity index is 889. The molecule has 0 bridgehead atoms. The second-order valence-corrected chi connectivity index (χ2v) is 13.3. The number of hydrogen-bond acceptors (Lipinski definition) is 7. The normalized spacial score (nSPS) is 15.5. The van der Waals surface area contributed by atoms with E-state index in [4.69, 9.17) is 4.74 Å². The second-order valence-electron chi connectivity index (χ2n) is 9.23. The lowest BCUT2D eigenvalue weighted by Gasteiger charge is -2.24. The van der Waals surface area contributed by atoms with E-state index in [0.29, 0.717) is 6.42 Å². The maximum Gasteiger partial charge on any atom is 0.316 e. The van der Waals surface area contributed by atoms with E-state index in [2.05, 4.69) is 33.9 Å². The van der Waals surface area contributed by atoms with Gasteiger partial charge >= 0.3 is 5.97 Å². The average molecular weight is 573 g/mol. The molecule has 0 N–H and O–H groups in total. The van der Waals surface area contributed by atoms with Crippen molar-refractivity contribution in [3.63, 3.8) is 0 Å². The van der Waals surface area contributed by atoms with Gasteiger partial charge in [-0.2, -0.15) is 0 Å². The summed E-state index contributed by atoms with van der Waals surface area (Å²) in [5, 5.41) is 2.97. The molecule has 34 heavy (non-hydrogen) atoms. The first-order valence-electron chi connectivity index (χ1n) is 11.6. The zero-order valence-electron chi connectivity index (χ0n) is 21.4. The van der Waals surface area contributed by atoms with Gasteiger partial charge in [0, 0.05) is 17.7 Å². The summed E-state index contributed by atoms with van der Waals surface area (Å²) in [6, 6.07) is 0. The maximum atomic E-state index is 12.7. The number of thiazole rings is 1. The SMILES string of the molecule is C/C(=C/C[C@H](OC(=O)CSC(C)(C)C(=O)C(C)Br)/C(C)=C/c1csc(C)n1)CCC[C@H](C)C=O. The summed E-state index contributed by atoms with van der Waals surface area (Å²) in [7, 11) is 0. The molecule has 1 unspecified atom stereocenters. The van der Waals surface area contributed by atoms with Gasteiger partial charge in [-0.3, -0.25) is 9.59 Å². The van der Waals surface area contributed by atoms with Crippen molar-refractivity contribution in [2.45, 2.75) is 89.8 Å². The Morgan fingerprint density at radius 2 is 1.97 bits per heavy atom. The highest BCUT2D eigenvalue weighted by Crippen LogP contribution is 2.29. The van der Waals surface area contributed by atoms with Gasteiger partial charge in [0.15, 0.2) is 5.78 Å². The minimum atomic E-state index is -0.685. The number of thioether (sulfide) groups is 1. The van der Waals surface area contributed by atoms with E-state index in [0.717, 1.165) is 41.8 Å². The van der Waals surface area contributed by atoms with Crippen LogP contribution in [0, 0.1) is 12.8 Å². The van der Waals surface area contributed by atoms with Gasteiger partial charge in [-0.25, -0.2) is 4.98 Å². The van der Waals surface area contributed by atoms with E-state index in [-0.39, 0.29) is 28.3 Å². The number of esters is 1. The monoisotopic (exact) mass is 571 g/mol. The van der Waals surface area contributed by atoms with Crippen molar-refractivity contribution in [1.82, 2.24) is 4.98 Å². The van der Waals surface area contributed by atoms with Gasteiger partial charge in [-0.1, -0.05) is 34.5 Å². The molecule has 0 spiro atoms. The molecular weight excluding hydrogens is 534 g/mol. The average Bonchev–Trinajstić information content (AvgIpc) is 3.18. The van der Waals surface area contributed by atoms with Crippen molar-refractivity contribution < 1.29 is 19.1 Å². The molecule has 5 nitrogen and oxygen atoms in total. The molecule has 1 aromatic rings. The topological polar surface area (TPSA) is 73.3 Å². The third-order valence-corrected chi connectivity index (χ3v) is 7.95. The predicted molar refractivity (Wildman–Crippen MR) is 148 cm³/mol. The first-order valence-corrected chi connectivity index (χ1v) is 14.4. The predicted octanol–water partition coefficient (Wildman–Crippen LogP) is 6.97. The molecule has 0 fully saturated rings. The zero-order valence-corrected chi connectivity index (χ0v) is 24.6. The molecule has 0 saturated carbocycles. The summed E-state index contributed by atoms with van der Waals surface area (Å²) in [4.78, 5) is 40.1. The van der Waals surface area contributed by atoms with Gasteiger partial charge in [0.2, 0.25) is 0 Å². The van der Waals surface area contributed by atoms with Crippen molar-refractivity contribution in [2.24, 2.45) is 5.92 Å². The van der Waals surface area contributed by atoms with Crippen LogP contribution in [-0.2, 0) is 19.1 Å². The van der Waals surface area contributed by atoms with E-state index in [1.54, 1.807) is 18.3 Å². The lowest BCUT2D eigenvalue weighted by Crippen LogP contribution is -2.34. The van der Waals surface area contributed by atoms with Crippen LogP contribution in [-0.4, -0.2) is 44.5 Å². The molecule has 0 amide bonds. The minimum absolute atomic E-state index is 0.0410. The van der Waals surface area contributed by atoms with Crippen LogP contribution in [0.4, 0.5) is 0 Å². The molecule has 0 aromatic carbocycles. The molecule has 1 aromatic heterocycles. The van der Waals surface area contributed by atoms with Gasteiger partial charge in [0.25, 0.3) is 0 Å². The van der Waals surface area contributed by atoms with Crippen molar-refractivity contribution in [2.75, 3.05) is 5.75 Å². The first kappa shape index (κ1) is 30.8. The number of halogens is 1. The number of hydrogen-bond donors (Lipinski definition) is 0. The fraction of sp³-hybridized carbons (Fsp3) is 0.615. The number of aromatic nitrogens is 1. The third-order valence-electron chi connectivity index (χ3n) is 5.44. The molecule has 8 heteroatoms. The zero-order chi connectivity index (χ0) is 25.9. The minimum Gasteiger partial charge on any atom is -0.457 e. The summed E-state index contributed by atoms with van der Waals surface area (Å²) in [6.45, 7) is 13.4. The lowest BCUT2D eigenvalue weighted by molar-refractivity contribution is -0.143. The largest absolute Gasteiger partial charge is 0.457 e. The van der Waals surface area contributed by atoms with Crippen molar-refractivity contribution in [3.05, 3.63) is 33.3 Å². The van der Waals surface area contributed by atoms with Gasteiger partial charge in [0.05, 0.1) is 26.0 Å². The highest BCUT2D eigenvalue weighted by Gasteiger charge is 2.32. The van der Waals surface area contributed by atoms with Crippen LogP contribution in [0.25, 0.3) is 6.08 Å². The van der Waals surface area contributed by atoms with E-state index in [1.807, 2.05) is 46.1 Å². The number of alkyl halides is 1. The molecule has 0 saturated heterocycles. The molecule has 0 aliphatic rings. The molecule has 1 rings (SSSR count). The first-order chi connectivity index (χ1) is 15.9. The number of carbonyl (C=O) groups is 3. The van der Waals surface area contributed by atoms with E-state index >= 15 is 0 Å². The van der Waals surface area contributed by atoms with E-state index in [9.17, 15) is 14.4 Å². The fourth-order valence-corrected chi connectivity index (χ4v) is 5.42. The van der Waals surface area contributed by atoms with Crippen LogP contribution in [0.2, 0.25) is 0 Å². The quantitative estimate of drug-likeness (QED) is 0.0978. The number of ketones is 1. The van der Waals surface area contributed by atoms with Crippen LogP contribution in [0.15, 0.2) is 22.6 Å². The summed E-state index contributed by atoms with van der Waals surface area (Å²) in [5.74, 6) is -0.121. The molecule has 3 atom stereocenters. The Kier molecular flexibility index (Phi) is 13.6. The standard InChI is InChI=1S/C26H38BrNO4S2/c1-17(9-8-10-18(2)14-29)11-12-23(19(3)13-22-15-33-21(5)28-22)32-24(30)16-34-26(6,7)25(31)20(4)27/h11,13-15,18,20,23H,8-10,12,16H2,1-7H3/b17-11-,19-13+/t18-,20?,23-/m0/s1. The second kappa shape index (κ2) is 15.0. The molecule has 1 heterocycles. The maximum absolute atomic E-state index is 12.7. The number of Topliss-reactive ketones (excluding diaryl/α,β-unsaturated/α-hetero) is 1. The Hall–Kier alpha value is -1.25. The highest BCUT2D eigenvalue weighted by atomic mass is 79.9. The van der Waals surface area contributed by atoms with E-state index in [1.165, 1.54) is 17.3 Å². The van der Waals surface area contributed by atoms with Crippen LogP contribution >= 0.6 is 39.0 Å². The summed E-state index contributed by atoms with van der Waals surface area (Å²) in [6.07, 6.45) is 7.95. The Balaban J connectivity index is 2.87. The fourth-order valence-electron chi connectivity index (χ4n) is 3.26. The van der Waals surface area contributed by atoms with Crippen LogP contribution in [0.5, 0.6) is 0 Å². The summed E-state index contributed by atoms with van der Waals surface area (Å²) in [5.41, 5.74) is 2.99. The molecule has 0 aliphatic carbocycles. The summed E-state index contributed by atoms with van der Waals surface area (Å²) < 4.78 is 5.19. The van der Waals surface area contributed by atoms with Crippen molar-refractivity contribution in [1.29, 1.82) is 0 Å². The number of aryl methyl sites for hydroxylation is 1. The van der Waals surface area contributed by atoms with E-state index < -0.39 is 10.9 Å². The Labute approximate surface area is 221 Å². The van der Waals surface area contributed by atoms with Gasteiger partial charge in [-0.05, 0) is 72.5 Å². The van der Waals surface area contributed by atoms with Gasteiger partial charge < -0.3 is 9.53 Å². The van der Waals surface area contributed by atoms with Crippen LogP contribution < -0.4 is 0 Å². The smallest absolute Gasteiger partial charge is 0.316 e. The molecular formula is C26H38BrNO4S2. The Morgan fingerprint density at radius 1 is 1.29 bits per heavy atom. The number of ether oxygens (including phenoxy) is 1. The number of allylic oxidation sites excluding steroid dienone is 1. The lowest BCUT2D eigenvalue weighted by atomic mass is 10.0. The molecule has 190 valence electrons. The third kappa shape index (κ3) is 11.5. The number of aldehydes is 1. The molecule has 0 aliphatic heterocycles. The number of carbonyl (C=O) groups excluding carboxylic acids is 3. The number of rotatable bonds is 15. The number of nitrogens with zero attached hydrogens (tertiary/aromatic N) is 1. The summed E-state index contributed by atoms with van der Waals surface area (Å²) >= 11 is 6.20. The Morgan fingerprint density at radius 3 is 2.53 bits per heavy atom. The van der Waals surface area contributed by atoms with Crippen molar-refractivity contribution >= 4 is 63.1 Å². The van der Waals surface area contributed by atoms with Gasteiger partial charge in [-0.15, -0.1) is 23.1 Å².